The molecular formula is C17H27ClN4O. The molecule has 6 heteroatoms. The van der Waals surface area contributed by atoms with Crippen LogP contribution in [0.5, 0.6) is 0 Å². The zero-order valence-electron chi connectivity index (χ0n) is 13.9. The molecule has 2 amide bonds. The molecule has 2 N–H and O–H groups in total. The Kier molecular flexibility index (Phi) is 7.65. The van der Waals surface area contributed by atoms with Gasteiger partial charge < -0.3 is 20.4 Å². The topological polar surface area (TPSA) is 47.6 Å². The molecule has 5 nitrogen and oxygen atoms in total. The van der Waals surface area contributed by atoms with Crippen LogP contribution in [0.25, 0.3) is 0 Å². The summed E-state index contributed by atoms with van der Waals surface area (Å²) in [6.45, 7) is 9.89. The molecule has 1 aliphatic rings. The third kappa shape index (κ3) is 6.77. The van der Waals surface area contributed by atoms with E-state index in [0.29, 0.717) is 11.6 Å². The molecule has 0 radical (unpaired) electrons. The monoisotopic (exact) mass is 338 g/mol. The van der Waals surface area contributed by atoms with Gasteiger partial charge in [-0.1, -0.05) is 18.5 Å². The molecule has 0 aromatic heterocycles. The molecular weight excluding hydrogens is 312 g/mol. The van der Waals surface area contributed by atoms with Crippen LogP contribution in [0.4, 0.5) is 10.5 Å². The number of halogens is 1. The summed E-state index contributed by atoms with van der Waals surface area (Å²) >= 11 is 5.81. The lowest BCUT2D eigenvalue weighted by Crippen LogP contribution is -2.46. The Balaban J connectivity index is 1.52. The van der Waals surface area contributed by atoms with Crippen molar-refractivity contribution in [3.63, 3.8) is 0 Å². The standard InChI is InChI=1S/C17H27ClN4O/c1-2-21-11-13-22(14-12-21)10-4-3-9-19-17(23)20-16-7-5-15(18)6-8-16/h5-8H,2-4,9-14H2,1H3,(H2,19,20,23). The van der Waals surface area contributed by atoms with Crippen molar-refractivity contribution >= 4 is 23.3 Å². The van der Waals surface area contributed by atoms with Crippen LogP contribution < -0.4 is 10.6 Å². The highest BCUT2D eigenvalue weighted by Crippen LogP contribution is 2.13. The molecule has 0 unspecified atom stereocenters. The summed E-state index contributed by atoms with van der Waals surface area (Å²) in [7, 11) is 0. The highest BCUT2D eigenvalue weighted by molar-refractivity contribution is 6.30. The van der Waals surface area contributed by atoms with E-state index in [4.69, 9.17) is 11.6 Å². The molecule has 0 bridgehead atoms. The Morgan fingerprint density at radius 1 is 1.09 bits per heavy atom. The largest absolute Gasteiger partial charge is 0.338 e. The second-order valence-electron chi connectivity index (χ2n) is 5.87. The van der Waals surface area contributed by atoms with Gasteiger partial charge in [-0.05, 0) is 50.2 Å². The predicted molar refractivity (Wildman–Crippen MR) is 96.3 cm³/mol. The number of nitrogens with one attached hydrogen (secondary N) is 2. The second kappa shape index (κ2) is 9.75. The van der Waals surface area contributed by atoms with Crippen molar-refractivity contribution in [3.05, 3.63) is 29.3 Å². The minimum Gasteiger partial charge on any atom is -0.338 e. The third-order valence-electron chi connectivity index (χ3n) is 4.20. The number of piperazine rings is 1. The molecule has 2 rings (SSSR count). The first-order chi connectivity index (χ1) is 11.2. The molecule has 23 heavy (non-hydrogen) atoms. The van der Waals surface area contributed by atoms with E-state index in [1.807, 2.05) is 0 Å². The Bertz CT molecular complexity index is 472. The number of amides is 2. The Morgan fingerprint density at radius 2 is 1.74 bits per heavy atom. The molecule has 1 saturated heterocycles. The number of carbonyl (C=O) groups is 1. The predicted octanol–water partition coefficient (Wildman–Crippen LogP) is 2.88. The van der Waals surface area contributed by atoms with Gasteiger partial charge in [-0.2, -0.15) is 0 Å². The first-order valence-corrected chi connectivity index (χ1v) is 8.80. The van der Waals surface area contributed by atoms with Crippen molar-refractivity contribution in [3.8, 4) is 0 Å². The maximum absolute atomic E-state index is 11.8. The lowest BCUT2D eigenvalue weighted by atomic mass is 10.2. The fraction of sp³-hybridized carbons (Fsp3) is 0.588. The number of likely N-dealkylation sites (N-methyl/N-ethyl adjacent to an activating group) is 1. The van der Waals surface area contributed by atoms with Crippen molar-refractivity contribution < 1.29 is 4.79 Å². The minimum atomic E-state index is -0.163. The number of anilines is 1. The van der Waals surface area contributed by atoms with Gasteiger partial charge in [-0.25, -0.2) is 4.79 Å². The van der Waals surface area contributed by atoms with Crippen molar-refractivity contribution in [1.29, 1.82) is 0 Å². The lowest BCUT2D eigenvalue weighted by Gasteiger charge is -2.33. The summed E-state index contributed by atoms with van der Waals surface area (Å²) in [5, 5.41) is 6.35. The van der Waals surface area contributed by atoms with Crippen LogP contribution in [0.15, 0.2) is 24.3 Å². The molecule has 1 aromatic carbocycles. The molecule has 0 saturated carbocycles. The quantitative estimate of drug-likeness (QED) is 0.751. The normalized spacial score (nSPS) is 16.3. The van der Waals surface area contributed by atoms with Gasteiger partial charge in [-0.15, -0.1) is 0 Å². The van der Waals surface area contributed by atoms with Crippen LogP contribution in [-0.4, -0.2) is 61.6 Å². The summed E-state index contributed by atoms with van der Waals surface area (Å²) in [5.74, 6) is 0. The number of benzene rings is 1. The van der Waals surface area contributed by atoms with Crippen molar-refractivity contribution in [1.82, 2.24) is 15.1 Å². The van der Waals surface area contributed by atoms with Gasteiger partial charge >= 0.3 is 6.03 Å². The molecule has 1 aliphatic heterocycles. The second-order valence-corrected chi connectivity index (χ2v) is 6.31. The van der Waals surface area contributed by atoms with E-state index in [-0.39, 0.29) is 6.03 Å². The van der Waals surface area contributed by atoms with Gasteiger partial charge in [-0.3, -0.25) is 0 Å². The highest BCUT2D eigenvalue weighted by Gasteiger charge is 2.14. The van der Waals surface area contributed by atoms with E-state index in [1.54, 1.807) is 24.3 Å². The van der Waals surface area contributed by atoms with E-state index in [0.717, 1.165) is 31.6 Å². The summed E-state index contributed by atoms with van der Waals surface area (Å²) in [6.07, 6.45) is 2.12. The Hall–Kier alpha value is -1.30. The number of nitrogens with zero attached hydrogens (tertiary/aromatic N) is 2. The van der Waals surface area contributed by atoms with E-state index < -0.39 is 0 Å². The molecule has 1 aromatic rings. The van der Waals surface area contributed by atoms with Crippen LogP contribution in [0.3, 0.4) is 0 Å². The van der Waals surface area contributed by atoms with E-state index in [9.17, 15) is 4.79 Å². The summed E-state index contributed by atoms with van der Waals surface area (Å²) < 4.78 is 0. The van der Waals surface area contributed by atoms with Crippen LogP contribution >= 0.6 is 11.6 Å². The average Bonchev–Trinajstić information content (AvgIpc) is 2.57. The van der Waals surface area contributed by atoms with Gasteiger partial charge in [0.15, 0.2) is 0 Å². The zero-order chi connectivity index (χ0) is 16.5. The molecule has 0 spiro atoms. The van der Waals surface area contributed by atoms with Crippen molar-refractivity contribution in [2.45, 2.75) is 19.8 Å². The first kappa shape index (κ1) is 18.0. The highest BCUT2D eigenvalue weighted by atomic mass is 35.5. The van der Waals surface area contributed by atoms with Gasteiger partial charge in [0.2, 0.25) is 0 Å². The van der Waals surface area contributed by atoms with Crippen molar-refractivity contribution in [2.75, 3.05) is 51.1 Å². The summed E-state index contributed by atoms with van der Waals surface area (Å²) in [5.41, 5.74) is 0.751. The molecule has 1 fully saturated rings. The maximum atomic E-state index is 11.8. The van der Waals surface area contributed by atoms with E-state index >= 15 is 0 Å². The first-order valence-electron chi connectivity index (χ1n) is 8.42. The number of carbonyl (C=O) groups excluding carboxylic acids is 1. The zero-order valence-corrected chi connectivity index (χ0v) is 14.6. The van der Waals surface area contributed by atoms with E-state index in [1.165, 1.54) is 26.2 Å². The van der Waals surface area contributed by atoms with Crippen molar-refractivity contribution in [2.24, 2.45) is 0 Å². The Labute approximate surface area is 144 Å². The SMILES string of the molecule is CCN1CCN(CCCCNC(=O)Nc2ccc(Cl)cc2)CC1. The smallest absolute Gasteiger partial charge is 0.319 e. The van der Waals surface area contributed by atoms with Crippen LogP contribution in [0.2, 0.25) is 5.02 Å². The van der Waals surface area contributed by atoms with Crippen LogP contribution in [0.1, 0.15) is 19.8 Å². The molecule has 128 valence electrons. The fourth-order valence-electron chi connectivity index (χ4n) is 2.70. The minimum absolute atomic E-state index is 0.163. The maximum Gasteiger partial charge on any atom is 0.319 e. The van der Waals surface area contributed by atoms with Gasteiger partial charge in [0.05, 0.1) is 0 Å². The number of urea groups is 1. The Morgan fingerprint density at radius 3 is 2.39 bits per heavy atom. The summed E-state index contributed by atoms with van der Waals surface area (Å²) in [4.78, 5) is 16.8. The number of rotatable bonds is 7. The lowest BCUT2D eigenvalue weighted by molar-refractivity contribution is 0.136. The van der Waals surface area contributed by atoms with Crippen LogP contribution in [-0.2, 0) is 0 Å². The number of hydrogen-bond acceptors (Lipinski definition) is 3. The third-order valence-corrected chi connectivity index (χ3v) is 4.45. The summed E-state index contributed by atoms with van der Waals surface area (Å²) in [6, 6.07) is 6.93. The van der Waals surface area contributed by atoms with Gasteiger partial charge in [0, 0.05) is 43.4 Å². The number of unbranched alkanes of at least 4 members (excludes halogenated alkanes) is 1. The van der Waals surface area contributed by atoms with Gasteiger partial charge in [0.25, 0.3) is 0 Å². The molecule has 1 heterocycles. The molecule has 0 aliphatic carbocycles. The van der Waals surface area contributed by atoms with Crippen LogP contribution in [0, 0.1) is 0 Å². The molecule has 0 atom stereocenters. The fourth-order valence-corrected chi connectivity index (χ4v) is 2.83. The number of hydrogen-bond donors (Lipinski definition) is 2. The van der Waals surface area contributed by atoms with Gasteiger partial charge in [0.1, 0.15) is 0 Å². The van der Waals surface area contributed by atoms with E-state index in [2.05, 4.69) is 27.4 Å². The average molecular weight is 339 g/mol.